The van der Waals surface area contributed by atoms with Crippen molar-refractivity contribution >= 4 is 21.6 Å². The third-order valence-corrected chi connectivity index (χ3v) is 6.02. The first-order valence-electron chi connectivity index (χ1n) is 9.51. The number of hydrogen-bond acceptors (Lipinski definition) is 3. The van der Waals surface area contributed by atoms with Gasteiger partial charge < -0.3 is 4.90 Å². The number of anilines is 1. The Morgan fingerprint density at radius 1 is 0.862 bits per heavy atom. The molecule has 0 saturated carbocycles. The van der Waals surface area contributed by atoms with E-state index in [1.165, 1.54) is 17.7 Å². The first-order valence-corrected chi connectivity index (χ1v) is 11.0. The summed E-state index contributed by atoms with van der Waals surface area (Å²) in [5.41, 5.74) is 2.14. The molecular weight excluding hydrogens is 384 g/mol. The molecule has 3 aromatic carbocycles. The van der Waals surface area contributed by atoms with Gasteiger partial charge in [0, 0.05) is 24.3 Å². The van der Waals surface area contributed by atoms with E-state index in [1.54, 1.807) is 41.3 Å². The molecule has 0 aromatic heterocycles. The van der Waals surface area contributed by atoms with Crippen molar-refractivity contribution in [2.24, 2.45) is 0 Å². The fourth-order valence-corrected chi connectivity index (χ4v) is 4.05. The molecule has 5 nitrogen and oxygen atoms in total. The third kappa shape index (κ3) is 5.45. The lowest BCUT2D eigenvalue weighted by atomic mass is 10.1. The number of hydrogen-bond donors (Lipinski definition) is 1. The van der Waals surface area contributed by atoms with E-state index in [1.807, 2.05) is 43.3 Å². The minimum Gasteiger partial charge on any atom is -0.339 e. The van der Waals surface area contributed by atoms with Gasteiger partial charge >= 0.3 is 0 Å². The summed E-state index contributed by atoms with van der Waals surface area (Å²) >= 11 is 0. The van der Waals surface area contributed by atoms with Crippen LogP contribution in [0.3, 0.4) is 0 Å². The summed E-state index contributed by atoms with van der Waals surface area (Å²) < 4.78 is 27.6. The van der Waals surface area contributed by atoms with Crippen LogP contribution in [0.1, 0.15) is 22.8 Å². The van der Waals surface area contributed by atoms with Gasteiger partial charge in [-0.05, 0) is 55.3 Å². The van der Waals surface area contributed by atoms with Crippen LogP contribution in [0, 0.1) is 0 Å². The molecule has 0 aliphatic rings. The largest absolute Gasteiger partial charge is 0.339 e. The number of nitrogens with zero attached hydrogens (tertiary/aromatic N) is 1. The molecule has 0 saturated heterocycles. The molecule has 0 fully saturated rings. The number of nitrogens with one attached hydrogen (secondary N) is 1. The van der Waals surface area contributed by atoms with Crippen molar-refractivity contribution < 1.29 is 13.2 Å². The van der Waals surface area contributed by atoms with E-state index in [2.05, 4.69) is 4.72 Å². The Balaban J connectivity index is 1.68. The Kier molecular flexibility index (Phi) is 6.67. The number of amides is 1. The van der Waals surface area contributed by atoms with Gasteiger partial charge in [0.1, 0.15) is 0 Å². The normalized spacial score (nSPS) is 11.1. The molecule has 0 unspecified atom stereocenters. The molecule has 0 spiro atoms. The Hall–Kier alpha value is -3.12. The molecule has 0 heterocycles. The second-order valence-corrected chi connectivity index (χ2v) is 8.30. The SMILES string of the molecule is CCN(CCc1ccccc1)C(=O)c1ccc(S(=O)(=O)Nc2ccccc2)cc1. The van der Waals surface area contributed by atoms with Crippen molar-refractivity contribution in [2.45, 2.75) is 18.2 Å². The van der Waals surface area contributed by atoms with Gasteiger partial charge in [-0.1, -0.05) is 48.5 Å². The van der Waals surface area contributed by atoms with Crippen LogP contribution in [0.2, 0.25) is 0 Å². The summed E-state index contributed by atoms with van der Waals surface area (Å²) in [6.07, 6.45) is 0.772. The maximum Gasteiger partial charge on any atom is 0.261 e. The zero-order chi connectivity index (χ0) is 20.7. The fraction of sp³-hybridized carbons (Fsp3) is 0.174. The Bertz CT molecular complexity index is 1030. The van der Waals surface area contributed by atoms with E-state index in [0.717, 1.165) is 6.42 Å². The molecule has 0 aliphatic carbocycles. The first-order chi connectivity index (χ1) is 14.0. The second kappa shape index (κ2) is 9.39. The highest BCUT2D eigenvalue weighted by Gasteiger charge is 2.17. The lowest BCUT2D eigenvalue weighted by molar-refractivity contribution is 0.0766. The first kappa shape index (κ1) is 20.6. The Morgan fingerprint density at radius 2 is 1.45 bits per heavy atom. The van der Waals surface area contributed by atoms with Crippen LogP contribution >= 0.6 is 0 Å². The van der Waals surface area contributed by atoms with Gasteiger partial charge in [0.25, 0.3) is 15.9 Å². The zero-order valence-corrected chi connectivity index (χ0v) is 17.1. The van der Waals surface area contributed by atoms with E-state index in [9.17, 15) is 13.2 Å². The van der Waals surface area contributed by atoms with Crippen molar-refractivity contribution in [3.63, 3.8) is 0 Å². The third-order valence-electron chi connectivity index (χ3n) is 4.62. The number of carbonyl (C=O) groups excluding carboxylic acids is 1. The minimum absolute atomic E-state index is 0.108. The Labute approximate surface area is 172 Å². The summed E-state index contributed by atoms with van der Waals surface area (Å²) in [5.74, 6) is -0.108. The van der Waals surface area contributed by atoms with Crippen molar-refractivity contribution in [3.8, 4) is 0 Å². The predicted molar refractivity (Wildman–Crippen MR) is 115 cm³/mol. The minimum atomic E-state index is -3.70. The van der Waals surface area contributed by atoms with Crippen molar-refractivity contribution in [2.75, 3.05) is 17.8 Å². The average molecular weight is 409 g/mol. The maximum absolute atomic E-state index is 12.8. The monoisotopic (exact) mass is 408 g/mol. The van der Waals surface area contributed by atoms with Crippen LogP contribution in [0.4, 0.5) is 5.69 Å². The van der Waals surface area contributed by atoms with E-state index in [0.29, 0.717) is 24.3 Å². The lowest BCUT2D eigenvalue weighted by Crippen LogP contribution is -2.32. The van der Waals surface area contributed by atoms with Gasteiger partial charge in [0.05, 0.1) is 4.90 Å². The van der Waals surface area contributed by atoms with Crippen LogP contribution in [0.25, 0.3) is 0 Å². The highest BCUT2D eigenvalue weighted by atomic mass is 32.2. The summed E-state index contributed by atoms with van der Waals surface area (Å²) in [6.45, 7) is 3.13. The fourth-order valence-electron chi connectivity index (χ4n) is 2.99. The smallest absolute Gasteiger partial charge is 0.261 e. The second-order valence-electron chi connectivity index (χ2n) is 6.62. The molecular formula is C23H24N2O3S. The molecule has 3 aromatic rings. The molecule has 0 bridgehead atoms. The molecule has 29 heavy (non-hydrogen) atoms. The summed E-state index contributed by atoms with van der Waals surface area (Å²) in [4.78, 5) is 14.7. The standard InChI is InChI=1S/C23H24N2O3S/c1-2-25(18-17-19-9-5-3-6-10-19)23(26)20-13-15-22(16-14-20)29(27,28)24-21-11-7-4-8-12-21/h3-16,24H,2,17-18H2,1H3. The predicted octanol–water partition coefficient (Wildman–Crippen LogP) is 4.19. The molecule has 0 radical (unpaired) electrons. The van der Waals surface area contributed by atoms with Crippen LogP contribution < -0.4 is 4.72 Å². The van der Waals surface area contributed by atoms with Crippen LogP contribution in [0.15, 0.2) is 89.8 Å². The quantitative estimate of drug-likeness (QED) is 0.608. The van der Waals surface area contributed by atoms with Gasteiger partial charge in [-0.2, -0.15) is 0 Å². The van der Waals surface area contributed by atoms with Gasteiger partial charge in [0.15, 0.2) is 0 Å². The van der Waals surface area contributed by atoms with Crippen molar-refractivity contribution in [3.05, 3.63) is 96.1 Å². The molecule has 0 atom stereocenters. The molecule has 6 heteroatoms. The molecule has 1 amide bonds. The van der Waals surface area contributed by atoms with E-state index < -0.39 is 10.0 Å². The van der Waals surface area contributed by atoms with Gasteiger partial charge in [-0.25, -0.2) is 8.42 Å². The van der Waals surface area contributed by atoms with E-state index in [-0.39, 0.29) is 10.8 Å². The molecule has 0 aliphatic heterocycles. The molecule has 1 N–H and O–H groups in total. The highest BCUT2D eigenvalue weighted by molar-refractivity contribution is 7.92. The number of rotatable bonds is 8. The zero-order valence-electron chi connectivity index (χ0n) is 16.3. The average Bonchev–Trinajstić information content (AvgIpc) is 2.75. The number of sulfonamides is 1. The van der Waals surface area contributed by atoms with Crippen molar-refractivity contribution in [1.29, 1.82) is 0 Å². The van der Waals surface area contributed by atoms with Crippen molar-refractivity contribution in [1.82, 2.24) is 4.90 Å². The van der Waals surface area contributed by atoms with Crippen LogP contribution in [0.5, 0.6) is 0 Å². The van der Waals surface area contributed by atoms with Gasteiger partial charge in [-0.15, -0.1) is 0 Å². The molecule has 150 valence electrons. The highest BCUT2D eigenvalue weighted by Crippen LogP contribution is 2.17. The summed E-state index contributed by atoms with van der Waals surface area (Å²) in [7, 11) is -3.70. The van der Waals surface area contributed by atoms with Crippen LogP contribution in [-0.2, 0) is 16.4 Å². The summed E-state index contributed by atoms with van der Waals surface area (Å²) in [6, 6.07) is 24.8. The summed E-state index contributed by atoms with van der Waals surface area (Å²) in [5, 5.41) is 0. The molecule has 3 rings (SSSR count). The number of carbonyl (C=O) groups is 1. The number of para-hydroxylation sites is 1. The maximum atomic E-state index is 12.8. The topological polar surface area (TPSA) is 66.5 Å². The number of likely N-dealkylation sites (N-methyl/N-ethyl adjacent to an activating group) is 1. The van der Waals surface area contributed by atoms with E-state index >= 15 is 0 Å². The Morgan fingerprint density at radius 3 is 2.03 bits per heavy atom. The van der Waals surface area contributed by atoms with E-state index in [4.69, 9.17) is 0 Å². The lowest BCUT2D eigenvalue weighted by Gasteiger charge is -2.21. The van der Waals surface area contributed by atoms with Crippen LogP contribution in [-0.4, -0.2) is 32.3 Å². The van der Waals surface area contributed by atoms with Gasteiger partial charge in [0.2, 0.25) is 0 Å². The number of benzene rings is 3. The van der Waals surface area contributed by atoms with Gasteiger partial charge in [-0.3, -0.25) is 9.52 Å².